The molecule has 0 spiro atoms. The lowest BCUT2D eigenvalue weighted by Crippen LogP contribution is -2.31. The van der Waals surface area contributed by atoms with E-state index in [0.29, 0.717) is 6.54 Å². The minimum atomic E-state index is 0. The Bertz CT molecular complexity index is 70.3. The fraction of sp³-hybridized carbons (Fsp3) is 0.667. The van der Waals surface area contributed by atoms with Crippen LogP contribution in [0.4, 0.5) is 0 Å². The molecule has 0 saturated heterocycles. The minimum absolute atomic E-state index is 0. The average Bonchev–Trinajstić information content (AvgIpc) is 1.61. The first-order valence-corrected chi connectivity index (χ1v) is 2.32. The van der Waals surface area contributed by atoms with Gasteiger partial charge in [-0.05, 0) is 12.2 Å². The van der Waals surface area contributed by atoms with Crippen molar-refractivity contribution in [1.82, 2.24) is 5.32 Å². The van der Waals surface area contributed by atoms with Gasteiger partial charge in [-0.3, -0.25) is 0 Å². The third-order valence-corrected chi connectivity index (χ3v) is 0.555. The van der Waals surface area contributed by atoms with E-state index in [1.54, 1.807) is 0 Å². The zero-order valence-corrected chi connectivity index (χ0v) is 5.89. The van der Waals surface area contributed by atoms with Crippen LogP contribution in [0.3, 0.4) is 0 Å². The second-order valence-electron chi connectivity index (χ2n) is 1.01. The Labute approximate surface area is 59.7 Å². The number of halogens is 1. The normalized spacial score (nSPS) is 7.12. The van der Waals surface area contributed by atoms with Gasteiger partial charge in [0, 0.05) is 6.54 Å². The van der Waals surface area contributed by atoms with Crippen LogP contribution in [0, 0.1) is 0 Å². The van der Waals surface area contributed by atoms with Gasteiger partial charge < -0.3 is 16.2 Å². The molecule has 0 amide bonds. The van der Waals surface area contributed by atoms with Crippen LogP contribution in [0.1, 0.15) is 0 Å². The van der Waals surface area contributed by atoms with Crippen LogP contribution in [0.15, 0.2) is 0 Å². The van der Waals surface area contributed by atoms with E-state index in [-0.39, 0.29) is 24.1 Å². The number of nitrogens with one attached hydrogen (secondary N) is 1. The summed E-state index contributed by atoms with van der Waals surface area (Å²) in [6.45, 7) is 0.507. The highest BCUT2D eigenvalue weighted by Gasteiger charge is 1.79. The smallest absolute Gasteiger partial charge is 0.163 e. The van der Waals surface area contributed by atoms with Crippen molar-refractivity contribution in [3.63, 3.8) is 0 Å². The highest BCUT2D eigenvalue weighted by molar-refractivity contribution is 7.80. The van der Waals surface area contributed by atoms with Crippen LogP contribution in [0.5, 0.6) is 0 Å². The molecule has 0 heterocycles. The predicted octanol–water partition coefficient (Wildman–Crippen LogP) is -0.766. The summed E-state index contributed by atoms with van der Waals surface area (Å²) in [6.07, 6.45) is 0. The zero-order chi connectivity index (χ0) is 5.70. The predicted molar refractivity (Wildman–Crippen MR) is 39.1 cm³/mol. The molecule has 0 unspecified atom stereocenters. The molecule has 4 N–H and O–H groups in total. The van der Waals surface area contributed by atoms with Gasteiger partial charge in [0.05, 0.1) is 6.61 Å². The molecule has 0 aromatic carbocycles. The highest BCUT2D eigenvalue weighted by Crippen LogP contribution is 1.54. The summed E-state index contributed by atoms with van der Waals surface area (Å²) in [4.78, 5) is 0. The summed E-state index contributed by atoms with van der Waals surface area (Å²) in [6, 6.07) is 0. The van der Waals surface area contributed by atoms with Crippen LogP contribution < -0.4 is 11.1 Å². The van der Waals surface area contributed by atoms with Crippen molar-refractivity contribution >= 4 is 29.7 Å². The molecule has 0 fully saturated rings. The topological polar surface area (TPSA) is 58.3 Å². The van der Waals surface area contributed by atoms with Crippen LogP contribution in [0.2, 0.25) is 0 Å². The van der Waals surface area contributed by atoms with E-state index in [0.717, 1.165) is 0 Å². The van der Waals surface area contributed by atoms with Crippen molar-refractivity contribution in [2.75, 3.05) is 13.2 Å². The first-order chi connectivity index (χ1) is 3.27. The molecule has 8 heavy (non-hydrogen) atoms. The molecule has 0 rings (SSSR count). The molecule has 0 aromatic heterocycles. The van der Waals surface area contributed by atoms with Gasteiger partial charge in [-0.25, -0.2) is 0 Å². The van der Waals surface area contributed by atoms with Gasteiger partial charge in [0.2, 0.25) is 0 Å². The van der Waals surface area contributed by atoms with E-state index in [1.807, 2.05) is 0 Å². The second-order valence-corrected chi connectivity index (χ2v) is 1.45. The maximum Gasteiger partial charge on any atom is 0.163 e. The van der Waals surface area contributed by atoms with E-state index >= 15 is 0 Å². The molecule has 0 radical (unpaired) electrons. The largest absolute Gasteiger partial charge is 0.395 e. The second kappa shape index (κ2) is 6.94. The molecule has 0 aliphatic rings. The van der Waals surface area contributed by atoms with Crippen molar-refractivity contribution in [2.45, 2.75) is 0 Å². The third kappa shape index (κ3) is 9.34. The number of nitrogens with two attached hydrogens (primary N) is 1. The maximum absolute atomic E-state index is 8.14. The summed E-state index contributed by atoms with van der Waals surface area (Å²) in [5, 5.41) is 10.9. The number of hydrogen-bond donors (Lipinski definition) is 3. The van der Waals surface area contributed by atoms with Crippen LogP contribution in [-0.4, -0.2) is 23.4 Å². The highest BCUT2D eigenvalue weighted by atomic mass is 35.5. The van der Waals surface area contributed by atoms with Crippen molar-refractivity contribution in [1.29, 1.82) is 0 Å². The zero-order valence-electron chi connectivity index (χ0n) is 4.26. The summed E-state index contributed by atoms with van der Waals surface area (Å²) in [5.74, 6) is 0. The summed E-state index contributed by atoms with van der Waals surface area (Å²) < 4.78 is 0. The fourth-order valence-electron chi connectivity index (χ4n) is 0.179. The van der Waals surface area contributed by atoms with Gasteiger partial charge in [0.15, 0.2) is 5.11 Å². The number of aliphatic hydroxyl groups is 1. The molecule has 0 aliphatic heterocycles. The average molecular weight is 157 g/mol. The van der Waals surface area contributed by atoms with Gasteiger partial charge in [-0.1, -0.05) is 0 Å². The standard InChI is InChI=1S/C3H8N2OS.ClH/c4-3(7)5-1-2-6;/h6H,1-2H2,(H3,4,5,7);1H. The summed E-state index contributed by atoms with van der Waals surface area (Å²) in [5.41, 5.74) is 4.99. The Balaban J connectivity index is 0. The minimum Gasteiger partial charge on any atom is -0.395 e. The molecule has 0 aliphatic carbocycles. The number of hydrogen-bond acceptors (Lipinski definition) is 2. The van der Waals surface area contributed by atoms with E-state index in [1.165, 1.54) is 0 Å². The van der Waals surface area contributed by atoms with E-state index in [4.69, 9.17) is 10.8 Å². The third-order valence-electron chi connectivity index (χ3n) is 0.411. The Morgan fingerprint density at radius 1 is 1.75 bits per heavy atom. The molecule has 0 bridgehead atoms. The lowest BCUT2D eigenvalue weighted by molar-refractivity contribution is 0.300. The van der Waals surface area contributed by atoms with E-state index in [2.05, 4.69) is 17.5 Å². The molecule has 0 saturated carbocycles. The lowest BCUT2D eigenvalue weighted by Gasteiger charge is -1.96. The van der Waals surface area contributed by atoms with Crippen LogP contribution in [-0.2, 0) is 0 Å². The number of thiocarbonyl (C=S) groups is 1. The first kappa shape index (κ1) is 10.8. The maximum atomic E-state index is 8.14. The molecule has 0 aromatic rings. The lowest BCUT2D eigenvalue weighted by atomic mass is 10.7. The van der Waals surface area contributed by atoms with Crippen molar-refractivity contribution in [3.8, 4) is 0 Å². The van der Waals surface area contributed by atoms with Crippen LogP contribution >= 0.6 is 24.6 Å². The first-order valence-electron chi connectivity index (χ1n) is 1.91. The Morgan fingerprint density at radius 3 is 2.38 bits per heavy atom. The quantitative estimate of drug-likeness (QED) is 0.460. The van der Waals surface area contributed by atoms with E-state index < -0.39 is 0 Å². The summed E-state index contributed by atoms with van der Waals surface area (Å²) >= 11 is 4.42. The van der Waals surface area contributed by atoms with Crippen LogP contribution in [0.25, 0.3) is 0 Å². The molecule has 3 nitrogen and oxygen atoms in total. The molecule has 0 atom stereocenters. The van der Waals surface area contributed by atoms with Gasteiger partial charge in [-0.15, -0.1) is 12.4 Å². The summed E-state index contributed by atoms with van der Waals surface area (Å²) in [7, 11) is 0. The van der Waals surface area contributed by atoms with Gasteiger partial charge >= 0.3 is 0 Å². The molecular weight excluding hydrogens is 148 g/mol. The van der Waals surface area contributed by atoms with Crippen molar-refractivity contribution < 1.29 is 5.11 Å². The van der Waals surface area contributed by atoms with Gasteiger partial charge in [-0.2, -0.15) is 0 Å². The monoisotopic (exact) mass is 156 g/mol. The molecular formula is C3H9ClN2OS. The van der Waals surface area contributed by atoms with Gasteiger partial charge in [0.25, 0.3) is 0 Å². The fourth-order valence-corrected chi connectivity index (χ4v) is 0.281. The van der Waals surface area contributed by atoms with E-state index in [9.17, 15) is 0 Å². The Morgan fingerprint density at radius 2 is 2.25 bits per heavy atom. The SMILES string of the molecule is Cl.NC(=S)NCCO. The Kier molecular flexibility index (Phi) is 9.40. The number of aliphatic hydroxyl groups excluding tert-OH is 1. The number of rotatable bonds is 2. The Hall–Kier alpha value is -0.0600. The molecule has 50 valence electrons. The molecule has 5 heteroatoms. The van der Waals surface area contributed by atoms with Crippen molar-refractivity contribution in [2.24, 2.45) is 5.73 Å². The van der Waals surface area contributed by atoms with Gasteiger partial charge in [0.1, 0.15) is 0 Å². The van der Waals surface area contributed by atoms with Crippen molar-refractivity contribution in [3.05, 3.63) is 0 Å².